The Bertz CT molecular complexity index is 500. The van der Waals surface area contributed by atoms with E-state index in [1.165, 1.54) is 6.92 Å². The molecule has 28 heavy (non-hydrogen) atoms. The summed E-state index contributed by atoms with van der Waals surface area (Å²) in [6.45, 7) is 7.72. The van der Waals surface area contributed by atoms with Gasteiger partial charge in [0.15, 0.2) is 5.78 Å². The lowest BCUT2D eigenvalue weighted by atomic mass is 9.85. The fourth-order valence-electron chi connectivity index (χ4n) is 2.32. The van der Waals surface area contributed by atoms with Gasteiger partial charge in [0.05, 0.1) is 18.2 Å². The number of rotatable bonds is 12. The van der Waals surface area contributed by atoms with Crippen LogP contribution >= 0.6 is 18.8 Å². The van der Waals surface area contributed by atoms with E-state index in [0.717, 1.165) is 0 Å². The van der Waals surface area contributed by atoms with Crippen LogP contribution in [0, 0.1) is 5.41 Å². The minimum Gasteiger partial charge on any atom is -0.391 e. The van der Waals surface area contributed by atoms with Gasteiger partial charge in [-0.3, -0.25) is 14.4 Å². The summed E-state index contributed by atoms with van der Waals surface area (Å²) in [5, 5.41) is 20.7. The van der Waals surface area contributed by atoms with Crippen LogP contribution in [0.3, 0.4) is 0 Å². The highest BCUT2D eigenvalue weighted by molar-refractivity contribution is 7.13. The Hall–Kier alpha value is -0.690. The monoisotopic (exact) mass is 439 g/mol. The van der Waals surface area contributed by atoms with Crippen molar-refractivity contribution in [1.82, 2.24) is 20.8 Å². The fraction of sp³-hybridized carbons (Fsp3) is 0.824. The molecule has 7 N–H and O–H groups in total. The topological polar surface area (TPSA) is 146 Å². The molecule has 0 aliphatic rings. The summed E-state index contributed by atoms with van der Waals surface area (Å²) >= 11 is 0. The van der Waals surface area contributed by atoms with E-state index in [9.17, 15) is 19.5 Å². The van der Waals surface area contributed by atoms with Crippen molar-refractivity contribution in [3.8, 4) is 0 Å². The minimum atomic E-state index is -1.20. The number of nitrogens with one attached hydrogen (secondary N) is 4. The second-order valence-corrected chi connectivity index (χ2v) is 8.31. The van der Waals surface area contributed by atoms with Gasteiger partial charge in [-0.05, 0) is 19.8 Å². The van der Waals surface area contributed by atoms with Crippen LogP contribution in [0.2, 0.25) is 0 Å². The molecule has 11 heteroatoms. The highest BCUT2D eigenvalue weighted by Gasteiger charge is 2.34. The van der Waals surface area contributed by atoms with E-state index in [4.69, 9.17) is 5.73 Å². The summed E-state index contributed by atoms with van der Waals surface area (Å²) in [5.41, 5.74) is 5.14. The van der Waals surface area contributed by atoms with E-state index in [1.807, 2.05) is 0 Å². The third kappa shape index (κ3) is 10.7. The first kappa shape index (κ1) is 29.5. The van der Waals surface area contributed by atoms with Gasteiger partial charge < -0.3 is 31.6 Å². The summed E-state index contributed by atoms with van der Waals surface area (Å²) in [6.07, 6.45) is -0.397. The molecule has 0 aromatic heterocycles. The van der Waals surface area contributed by atoms with Crippen LogP contribution in [0.15, 0.2) is 0 Å². The van der Waals surface area contributed by atoms with Crippen molar-refractivity contribution in [3.63, 3.8) is 0 Å². The Labute approximate surface area is 173 Å². The number of aliphatic hydroxyl groups excluding tert-OH is 1. The molecule has 0 saturated heterocycles. The van der Waals surface area contributed by atoms with Crippen molar-refractivity contribution in [2.45, 2.75) is 72.2 Å². The standard InChI is InChI=1S/C16H35N5O4P2.CH4/c1-9(22)12(21-14(24)10(17)5-7-18-26)15(25)20-11(6-8-19-27)13(23)16(2,3)4;/h9-12,18-19,22H,5-8,17,26-27H2,1-4H3,(H,20,25)(H,21,24);1H4. The molecule has 6 unspecified atom stereocenters. The molecule has 9 nitrogen and oxygen atoms in total. The molecule has 0 rings (SSSR count). The molecular formula is C17H39N5O4P2. The second kappa shape index (κ2) is 14.3. The van der Waals surface area contributed by atoms with Crippen molar-refractivity contribution in [2.24, 2.45) is 11.1 Å². The van der Waals surface area contributed by atoms with Gasteiger partial charge in [-0.1, -0.05) is 47.0 Å². The zero-order valence-corrected chi connectivity index (χ0v) is 18.9. The molecule has 0 aromatic rings. The molecule has 0 spiro atoms. The first-order valence-corrected chi connectivity index (χ1v) is 10.1. The number of aliphatic hydroxyl groups is 1. The molecule has 6 atom stereocenters. The molecule has 166 valence electrons. The Kier molecular flexibility index (Phi) is 15.1. The van der Waals surface area contributed by atoms with Crippen molar-refractivity contribution in [2.75, 3.05) is 13.1 Å². The van der Waals surface area contributed by atoms with E-state index in [1.54, 1.807) is 20.8 Å². The second-order valence-electron chi connectivity index (χ2n) is 7.49. The molecule has 0 aliphatic heterocycles. The van der Waals surface area contributed by atoms with E-state index in [2.05, 4.69) is 39.6 Å². The normalized spacial score (nSPS) is 15.6. The average Bonchev–Trinajstić information content (AvgIpc) is 2.58. The lowest BCUT2D eigenvalue weighted by Gasteiger charge is -2.28. The summed E-state index contributed by atoms with van der Waals surface area (Å²) in [5.74, 6) is -1.29. The zero-order valence-electron chi connectivity index (χ0n) is 16.5. The third-order valence-corrected chi connectivity index (χ3v) is 4.53. The van der Waals surface area contributed by atoms with Crippen LogP contribution in [-0.2, 0) is 14.4 Å². The first-order chi connectivity index (χ1) is 12.4. The quantitative estimate of drug-likeness (QED) is 0.224. The maximum absolute atomic E-state index is 12.6. The fourth-order valence-corrected chi connectivity index (χ4v) is 2.65. The van der Waals surface area contributed by atoms with Gasteiger partial charge in [0.25, 0.3) is 0 Å². The molecule has 0 saturated carbocycles. The van der Waals surface area contributed by atoms with Gasteiger partial charge in [0.2, 0.25) is 11.8 Å². The summed E-state index contributed by atoms with van der Waals surface area (Å²) in [6, 6.07) is -2.76. The van der Waals surface area contributed by atoms with Gasteiger partial charge in [-0.2, -0.15) is 0 Å². The van der Waals surface area contributed by atoms with Crippen LogP contribution in [0.4, 0.5) is 0 Å². The maximum atomic E-state index is 12.6. The SMILES string of the molecule is C.CC(O)C(NC(=O)C(N)CCNP)C(=O)NC(CCNP)C(=O)C(C)(C)C. The van der Waals surface area contributed by atoms with Crippen LogP contribution in [0.5, 0.6) is 0 Å². The Morgan fingerprint density at radius 2 is 1.50 bits per heavy atom. The van der Waals surface area contributed by atoms with E-state index in [-0.39, 0.29) is 13.2 Å². The predicted molar refractivity (Wildman–Crippen MR) is 119 cm³/mol. The van der Waals surface area contributed by atoms with Crippen LogP contribution in [0.1, 0.15) is 48.0 Å². The van der Waals surface area contributed by atoms with E-state index < -0.39 is 41.5 Å². The molecule has 0 radical (unpaired) electrons. The number of Topliss-reactive ketones (excluding diaryl/α,β-unsaturated/α-hetero) is 1. The summed E-state index contributed by atoms with van der Waals surface area (Å²) < 4.78 is 0. The lowest BCUT2D eigenvalue weighted by Crippen LogP contribution is -2.59. The van der Waals surface area contributed by atoms with E-state index >= 15 is 0 Å². The van der Waals surface area contributed by atoms with Crippen molar-refractivity contribution in [1.29, 1.82) is 0 Å². The molecule has 0 fully saturated rings. The van der Waals surface area contributed by atoms with Gasteiger partial charge in [0.1, 0.15) is 6.04 Å². The van der Waals surface area contributed by atoms with Crippen LogP contribution in [-0.4, -0.2) is 60.0 Å². The first-order valence-electron chi connectivity index (χ1n) is 8.91. The van der Waals surface area contributed by atoms with E-state index in [0.29, 0.717) is 25.9 Å². The highest BCUT2D eigenvalue weighted by atomic mass is 31.0. The van der Waals surface area contributed by atoms with Gasteiger partial charge in [-0.25, -0.2) is 0 Å². The Morgan fingerprint density at radius 3 is 1.93 bits per heavy atom. The number of ketones is 1. The molecule has 0 heterocycles. The van der Waals surface area contributed by atoms with Crippen molar-refractivity contribution in [3.05, 3.63) is 0 Å². The number of amides is 2. The van der Waals surface area contributed by atoms with Gasteiger partial charge >= 0.3 is 0 Å². The third-order valence-electron chi connectivity index (χ3n) is 3.95. The predicted octanol–water partition coefficient (Wildman–Crippen LogP) is -0.545. The lowest BCUT2D eigenvalue weighted by molar-refractivity contribution is -0.136. The molecular weight excluding hydrogens is 400 g/mol. The zero-order chi connectivity index (χ0) is 21.2. The molecule has 2 amide bonds. The maximum Gasteiger partial charge on any atom is 0.245 e. The van der Waals surface area contributed by atoms with Gasteiger partial charge in [0, 0.05) is 18.5 Å². The van der Waals surface area contributed by atoms with Crippen LogP contribution in [0.25, 0.3) is 0 Å². The van der Waals surface area contributed by atoms with Gasteiger partial charge in [-0.15, -0.1) is 0 Å². The molecule has 0 aromatic carbocycles. The average molecular weight is 439 g/mol. The highest BCUT2D eigenvalue weighted by Crippen LogP contribution is 2.18. The number of hydrogen-bond acceptors (Lipinski definition) is 7. The summed E-state index contributed by atoms with van der Waals surface area (Å²) in [4.78, 5) is 37.4. The summed E-state index contributed by atoms with van der Waals surface area (Å²) in [7, 11) is 4.65. The van der Waals surface area contributed by atoms with Crippen molar-refractivity contribution < 1.29 is 19.5 Å². The smallest absolute Gasteiger partial charge is 0.245 e. The number of carbonyl (C=O) groups is 3. The Balaban J connectivity index is 0. The number of carbonyl (C=O) groups excluding carboxylic acids is 3. The van der Waals surface area contributed by atoms with Crippen molar-refractivity contribution >= 4 is 36.4 Å². The largest absolute Gasteiger partial charge is 0.391 e. The molecule has 0 aliphatic carbocycles. The minimum absolute atomic E-state index is 0. The molecule has 0 bridgehead atoms. The number of hydrogen-bond donors (Lipinski definition) is 6. The number of nitrogens with two attached hydrogens (primary N) is 1. The Morgan fingerprint density at radius 1 is 1.00 bits per heavy atom. The van der Waals surface area contributed by atoms with Crippen LogP contribution < -0.4 is 26.5 Å².